The van der Waals surface area contributed by atoms with E-state index in [9.17, 15) is 4.79 Å². The van der Waals surface area contributed by atoms with E-state index in [2.05, 4.69) is 9.97 Å². The summed E-state index contributed by atoms with van der Waals surface area (Å²) in [5, 5.41) is 0. The van der Waals surface area contributed by atoms with Gasteiger partial charge in [-0.15, -0.1) is 0 Å². The van der Waals surface area contributed by atoms with E-state index in [1.807, 2.05) is 0 Å². The maximum atomic E-state index is 10.7. The van der Waals surface area contributed by atoms with E-state index in [4.69, 9.17) is 5.73 Å². The molecule has 1 heterocycles. The van der Waals surface area contributed by atoms with Crippen LogP contribution in [0, 0.1) is 5.92 Å². The Morgan fingerprint density at radius 2 is 2.42 bits per heavy atom. The quantitative estimate of drug-likeness (QED) is 0.692. The fourth-order valence-electron chi connectivity index (χ4n) is 0.850. The van der Waals surface area contributed by atoms with Crippen LogP contribution in [0.4, 0.5) is 0 Å². The van der Waals surface area contributed by atoms with Crippen molar-refractivity contribution in [2.45, 2.75) is 13.3 Å². The van der Waals surface area contributed by atoms with Crippen molar-refractivity contribution >= 4 is 5.91 Å². The molecule has 2 N–H and O–H groups in total. The number of rotatable bonds is 3. The van der Waals surface area contributed by atoms with Crippen LogP contribution in [0.15, 0.2) is 18.6 Å². The number of nitrogens with zero attached hydrogens (tertiary/aromatic N) is 2. The molecule has 0 radical (unpaired) electrons. The molecule has 1 aromatic rings. The van der Waals surface area contributed by atoms with Crippen molar-refractivity contribution in [3.05, 3.63) is 24.3 Å². The van der Waals surface area contributed by atoms with Gasteiger partial charge in [0.15, 0.2) is 0 Å². The summed E-state index contributed by atoms with van der Waals surface area (Å²) in [4.78, 5) is 18.6. The van der Waals surface area contributed by atoms with Crippen molar-refractivity contribution in [2.24, 2.45) is 11.7 Å². The SMILES string of the molecule is CC(Cc1cnccn1)C(N)=O. The zero-order valence-electron chi connectivity index (χ0n) is 6.90. The zero-order chi connectivity index (χ0) is 8.97. The van der Waals surface area contributed by atoms with Crippen LogP contribution in [0.5, 0.6) is 0 Å². The second-order valence-electron chi connectivity index (χ2n) is 2.70. The molecule has 0 saturated heterocycles. The van der Waals surface area contributed by atoms with Crippen molar-refractivity contribution in [3.8, 4) is 0 Å². The smallest absolute Gasteiger partial charge is 0.220 e. The standard InChI is InChI=1S/C8H11N3O/c1-6(8(9)12)4-7-5-10-2-3-11-7/h2-3,5-6H,4H2,1H3,(H2,9,12). The molecule has 0 aromatic carbocycles. The normalized spacial score (nSPS) is 12.4. The van der Waals surface area contributed by atoms with Gasteiger partial charge in [-0.3, -0.25) is 14.8 Å². The summed E-state index contributed by atoms with van der Waals surface area (Å²) in [5.74, 6) is -0.484. The zero-order valence-corrected chi connectivity index (χ0v) is 6.90. The molecule has 0 fully saturated rings. The molecule has 0 saturated carbocycles. The fraction of sp³-hybridized carbons (Fsp3) is 0.375. The van der Waals surface area contributed by atoms with E-state index in [-0.39, 0.29) is 11.8 Å². The summed E-state index contributed by atoms with van der Waals surface area (Å²) < 4.78 is 0. The van der Waals surface area contributed by atoms with E-state index in [1.165, 1.54) is 0 Å². The Balaban J connectivity index is 2.58. The Morgan fingerprint density at radius 3 is 2.92 bits per heavy atom. The largest absolute Gasteiger partial charge is 0.369 e. The molecule has 0 spiro atoms. The molecule has 1 unspecified atom stereocenters. The highest BCUT2D eigenvalue weighted by atomic mass is 16.1. The van der Waals surface area contributed by atoms with Gasteiger partial charge in [-0.1, -0.05) is 6.92 Å². The molecule has 1 amide bonds. The van der Waals surface area contributed by atoms with Crippen LogP contribution in [0.2, 0.25) is 0 Å². The van der Waals surface area contributed by atoms with Crippen LogP contribution in [-0.2, 0) is 11.2 Å². The molecule has 0 aliphatic rings. The number of carbonyl (C=O) groups is 1. The number of hydrogen-bond acceptors (Lipinski definition) is 3. The topological polar surface area (TPSA) is 68.9 Å². The first kappa shape index (κ1) is 8.64. The Bertz CT molecular complexity index is 260. The molecule has 1 atom stereocenters. The lowest BCUT2D eigenvalue weighted by Crippen LogP contribution is -2.22. The predicted octanol–water partition coefficient (Wildman–Crippen LogP) is 0.140. The summed E-state index contributed by atoms with van der Waals surface area (Å²) in [6, 6.07) is 0. The second-order valence-corrected chi connectivity index (χ2v) is 2.70. The Labute approximate surface area is 70.8 Å². The molecular formula is C8H11N3O. The third-order valence-corrected chi connectivity index (χ3v) is 1.62. The first-order valence-corrected chi connectivity index (χ1v) is 3.74. The number of primary amides is 1. The van der Waals surface area contributed by atoms with E-state index >= 15 is 0 Å². The molecule has 0 aliphatic carbocycles. The van der Waals surface area contributed by atoms with Crippen LogP contribution < -0.4 is 5.73 Å². The van der Waals surface area contributed by atoms with Crippen LogP contribution >= 0.6 is 0 Å². The summed E-state index contributed by atoms with van der Waals surface area (Å²) in [6.45, 7) is 1.77. The molecule has 12 heavy (non-hydrogen) atoms. The maximum Gasteiger partial charge on any atom is 0.220 e. The van der Waals surface area contributed by atoms with Gasteiger partial charge in [0.1, 0.15) is 0 Å². The van der Waals surface area contributed by atoms with Crippen LogP contribution in [-0.4, -0.2) is 15.9 Å². The lowest BCUT2D eigenvalue weighted by Gasteiger charge is -2.04. The molecule has 4 nitrogen and oxygen atoms in total. The Hall–Kier alpha value is -1.45. The minimum absolute atomic E-state index is 0.179. The van der Waals surface area contributed by atoms with Gasteiger partial charge in [0.2, 0.25) is 5.91 Å². The first-order chi connectivity index (χ1) is 5.70. The minimum atomic E-state index is -0.305. The van der Waals surface area contributed by atoms with Crippen molar-refractivity contribution in [1.29, 1.82) is 0 Å². The Morgan fingerprint density at radius 1 is 1.67 bits per heavy atom. The lowest BCUT2D eigenvalue weighted by molar-refractivity contribution is -0.121. The summed E-state index contributed by atoms with van der Waals surface area (Å²) >= 11 is 0. The summed E-state index contributed by atoms with van der Waals surface area (Å²) in [5.41, 5.74) is 5.89. The third kappa shape index (κ3) is 2.30. The van der Waals surface area contributed by atoms with Crippen molar-refractivity contribution < 1.29 is 4.79 Å². The molecule has 4 heteroatoms. The number of hydrogen-bond donors (Lipinski definition) is 1. The average Bonchev–Trinajstić information content (AvgIpc) is 2.06. The highest BCUT2D eigenvalue weighted by Gasteiger charge is 2.09. The van der Waals surface area contributed by atoms with E-state index in [0.717, 1.165) is 5.69 Å². The molecule has 1 rings (SSSR count). The van der Waals surface area contributed by atoms with Gasteiger partial charge in [-0.25, -0.2) is 0 Å². The van der Waals surface area contributed by atoms with Gasteiger partial charge in [0.25, 0.3) is 0 Å². The fourth-order valence-corrected chi connectivity index (χ4v) is 0.850. The number of carbonyl (C=O) groups excluding carboxylic acids is 1. The minimum Gasteiger partial charge on any atom is -0.369 e. The number of amides is 1. The van der Waals surface area contributed by atoms with Gasteiger partial charge >= 0.3 is 0 Å². The van der Waals surface area contributed by atoms with Gasteiger partial charge < -0.3 is 5.73 Å². The predicted molar refractivity (Wildman–Crippen MR) is 44.1 cm³/mol. The monoisotopic (exact) mass is 165 g/mol. The second kappa shape index (κ2) is 3.80. The summed E-state index contributed by atoms with van der Waals surface area (Å²) in [7, 11) is 0. The lowest BCUT2D eigenvalue weighted by atomic mass is 10.1. The molecule has 1 aromatic heterocycles. The average molecular weight is 165 g/mol. The van der Waals surface area contributed by atoms with Gasteiger partial charge in [0, 0.05) is 30.9 Å². The van der Waals surface area contributed by atoms with E-state index in [1.54, 1.807) is 25.5 Å². The summed E-state index contributed by atoms with van der Waals surface area (Å²) in [6.07, 6.45) is 5.39. The van der Waals surface area contributed by atoms with Crippen LogP contribution in [0.3, 0.4) is 0 Å². The van der Waals surface area contributed by atoms with Crippen molar-refractivity contribution in [3.63, 3.8) is 0 Å². The number of nitrogens with two attached hydrogens (primary N) is 1. The molecule has 0 aliphatic heterocycles. The Kier molecular flexibility index (Phi) is 2.74. The third-order valence-electron chi connectivity index (χ3n) is 1.62. The van der Waals surface area contributed by atoms with Crippen LogP contribution in [0.25, 0.3) is 0 Å². The number of aromatic nitrogens is 2. The van der Waals surface area contributed by atoms with Gasteiger partial charge in [-0.05, 0) is 0 Å². The van der Waals surface area contributed by atoms with Crippen molar-refractivity contribution in [2.75, 3.05) is 0 Å². The van der Waals surface area contributed by atoms with Crippen molar-refractivity contribution in [1.82, 2.24) is 9.97 Å². The molecule has 0 bridgehead atoms. The highest BCUT2D eigenvalue weighted by molar-refractivity contribution is 5.76. The van der Waals surface area contributed by atoms with E-state index < -0.39 is 0 Å². The van der Waals surface area contributed by atoms with Gasteiger partial charge in [-0.2, -0.15) is 0 Å². The maximum absolute atomic E-state index is 10.7. The molecule has 64 valence electrons. The highest BCUT2D eigenvalue weighted by Crippen LogP contribution is 2.02. The van der Waals surface area contributed by atoms with Gasteiger partial charge in [0.05, 0.1) is 5.69 Å². The first-order valence-electron chi connectivity index (χ1n) is 3.74. The van der Waals surface area contributed by atoms with Crippen LogP contribution in [0.1, 0.15) is 12.6 Å². The van der Waals surface area contributed by atoms with E-state index in [0.29, 0.717) is 6.42 Å². The molecular weight excluding hydrogens is 154 g/mol.